The number of hydrogen-bond donors (Lipinski definition) is 6. The van der Waals surface area contributed by atoms with Gasteiger partial charge in [-0.25, -0.2) is 0 Å². The summed E-state index contributed by atoms with van der Waals surface area (Å²) in [4.78, 5) is 13.3. The van der Waals surface area contributed by atoms with Crippen molar-refractivity contribution in [2.24, 2.45) is 0 Å². The first-order valence-corrected chi connectivity index (χ1v) is 9.11. The van der Waals surface area contributed by atoms with Crippen LogP contribution in [0.2, 0.25) is 0 Å². The minimum atomic E-state index is 0.174. The van der Waals surface area contributed by atoms with E-state index >= 15 is 0 Å². The van der Waals surface area contributed by atoms with E-state index in [2.05, 4.69) is 30.9 Å². The Morgan fingerprint density at radius 3 is 1.13 bits per heavy atom. The van der Waals surface area contributed by atoms with Crippen molar-refractivity contribution in [3.05, 3.63) is 72.8 Å². The van der Waals surface area contributed by atoms with Crippen molar-refractivity contribution in [1.29, 1.82) is 0 Å². The van der Waals surface area contributed by atoms with Crippen molar-refractivity contribution in [3.63, 3.8) is 0 Å². The molecular weight excluding hydrogens is 380 g/mol. The molecule has 0 aliphatic carbocycles. The van der Waals surface area contributed by atoms with E-state index < -0.39 is 0 Å². The molecule has 8 N–H and O–H groups in total. The lowest BCUT2D eigenvalue weighted by molar-refractivity contribution is 0.475. The second-order valence-corrected chi connectivity index (χ2v) is 6.47. The summed E-state index contributed by atoms with van der Waals surface area (Å²) in [6, 6.07) is 21.1. The normalized spacial score (nSPS) is 10.4. The third-order valence-corrected chi connectivity index (χ3v) is 4.09. The molecule has 9 nitrogen and oxygen atoms in total. The number of aromatic nitrogens is 3. The zero-order valence-electron chi connectivity index (χ0n) is 15.9. The van der Waals surface area contributed by atoms with Crippen molar-refractivity contribution >= 4 is 46.3 Å². The number of nitrogens with zero attached hydrogens (tertiary/aromatic N) is 3. The highest BCUT2D eigenvalue weighted by Crippen LogP contribution is 2.22. The molecule has 30 heavy (non-hydrogen) atoms. The molecule has 9 heteroatoms. The van der Waals surface area contributed by atoms with Crippen LogP contribution in [-0.2, 0) is 0 Å². The van der Waals surface area contributed by atoms with Gasteiger partial charge in [0.1, 0.15) is 5.75 Å². The Morgan fingerprint density at radius 2 is 0.800 bits per heavy atom. The van der Waals surface area contributed by atoms with Crippen LogP contribution in [0.25, 0.3) is 0 Å². The first-order chi connectivity index (χ1) is 14.5. The average Bonchev–Trinajstić information content (AvgIpc) is 2.73. The Morgan fingerprint density at radius 1 is 0.500 bits per heavy atom. The number of benzene rings is 3. The Hall–Kier alpha value is -4.53. The quantitative estimate of drug-likeness (QED) is 0.209. The minimum Gasteiger partial charge on any atom is -0.508 e. The maximum absolute atomic E-state index is 9.47. The van der Waals surface area contributed by atoms with E-state index in [1.54, 1.807) is 48.5 Å². The lowest BCUT2D eigenvalue weighted by Gasteiger charge is -2.12. The highest BCUT2D eigenvalue weighted by Gasteiger charge is 2.09. The summed E-state index contributed by atoms with van der Waals surface area (Å²) in [6.07, 6.45) is 0. The molecular formula is C21H20N8O. The maximum atomic E-state index is 9.47. The number of nitrogen functional groups attached to an aromatic ring is 2. The molecule has 0 unspecified atom stereocenters. The first kappa shape index (κ1) is 18.8. The van der Waals surface area contributed by atoms with Crippen LogP contribution in [0.5, 0.6) is 5.75 Å². The average molecular weight is 400 g/mol. The number of phenols is 1. The second-order valence-electron chi connectivity index (χ2n) is 6.47. The molecule has 0 aliphatic rings. The highest BCUT2D eigenvalue weighted by molar-refractivity contribution is 5.63. The Kier molecular flexibility index (Phi) is 5.16. The third kappa shape index (κ3) is 4.84. The van der Waals surface area contributed by atoms with E-state index in [0.717, 1.165) is 17.1 Å². The van der Waals surface area contributed by atoms with Crippen molar-refractivity contribution in [1.82, 2.24) is 15.0 Å². The number of phenolic OH excluding ortho intramolecular Hbond substituents is 1. The van der Waals surface area contributed by atoms with Crippen LogP contribution in [0.1, 0.15) is 0 Å². The molecule has 4 aromatic rings. The summed E-state index contributed by atoms with van der Waals surface area (Å²) in [5.41, 5.74) is 15.1. The summed E-state index contributed by atoms with van der Waals surface area (Å²) in [6.45, 7) is 0. The molecule has 4 rings (SSSR count). The molecule has 0 bridgehead atoms. The molecule has 1 heterocycles. The van der Waals surface area contributed by atoms with Crippen LogP contribution < -0.4 is 27.4 Å². The Labute approximate surface area is 172 Å². The van der Waals surface area contributed by atoms with Gasteiger partial charge in [0.05, 0.1) is 0 Å². The third-order valence-electron chi connectivity index (χ3n) is 4.09. The van der Waals surface area contributed by atoms with E-state index in [1.807, 2.05) is 24.3 Å². The number of anilines is 8. The Balaban J connectivity index is 1.64. The summed E-state index contributed by atoms with van der Waals surface area (Å²) in [5, 5.41) is 18.9. The molecule has 0 amide bonds. The van der Waals surface area contributed by atoms with E-state index in [9.17, 15) is 5.11 Å². The van der Waals surface area contributed by atoms with Crippen molar-refractivity contribution in [3.8, 4) is 5.75 Å². The van der Waals surface area contributed by atoms with Gasteiger partial charge < -0.3 is 32.5 Å². The number of hydrogen-bond acceptors (Lipinski definition) is 9. The molecule has 0 saturated carbocycles. The van der Waals surface area contributed by atoms with Crippen molar-refractivity contribution in [2.75, 3.05) is 27.4 Å². The van der Waals surface area contributed by atoms with E-state index in [-0.39, 0.29) is 5.75 Å². The molecule has 3 aromatic carbocycles. The van der Waals surface area contributed by atoms with Gasteiger partial charge in [0.25, 0.3) is 0 Å². The molecule has 150 valence electrons. The maximum Gasteiger partial charge on any atom is 0.233 e. The minimum absolute atomic E-state index is 0.174. The molecule has 0 spiro atoms. The zero-order valence-corrected chi connectivity index (χ0v) is 15.9. The molecule has 0 saturated heterocycles. The van der Waals surface area contributed by atoms with Gasteiger partial charge in [-0.15, -0.1) is 0 Å². The molecule has 1 aromatic heterocycles. The summed E-state index contributed by atoms with van der Waals surface area (Å²) in [7, 11) is 0. The lowest BCUT2D eigenvalue weighted by Crippen LogP contribution is -2.07. The van der Waals surface area contributed by atoms with Crippen molar-refractivity contribution in [2.45, 2.75) is 0 Å². The van der Waals surface area contributed by atoms with E-state index in [4.69, 9.17) is 11.5 Å². The van der Waals surface area contributed by atoms with E-state index in [0.29, 0.717) is 29.2 Å². The van der Waals surface area contributed by atoms with Gasteiger partial charge in [0.2, 0.25) is 17.8 Å². The predicted octanol–water partition coefficient (Wildman–Crippen LogP) is 3.97. The van der Waals surface area contributed by atoms with Gasteiger partial charge in [-0.2, -0.15) is 15.0 Å². The Bertz CT molecular complexity index is 971. The fraction of sp³-hybridized carbons (Fsp3) is 0. The standard InChI is InChI=1S/C21H20N8O/c22-13-1-5-15(6-2-13)24-19-27-20(25-16-7-3-14(23)4-8-16)29-21(28-19)26-17-9-11-18(30)12-10-17/h1-12,30H,22-23H2,(H3,24,25,26,27,28,29). The van der Waals surface area contributed by atoms with Crippen LogP contribution in [0.3, 0.4) is 0 Å². The molecule has 0 fully saturated rings. The van der Waals surface area contributed by atoms with Gasteiger partial charge in [-0.1, -0.05) is 0 Å². The van der Waals surface area contributed by atoms with Gasteiger partial charge in [0, 0.05) is 28.4 Å². The smallest absolute Gasteiger partial charge is 0.233 e. The predicted molar refractivity (Wildman–Crippen MR) is 119 cm³/mol. The topological polar surface area (TPSA) is 147 Å². The summed E-state index contributed by atoms with van der Waals surface area (Å²) in [5.74, 6) is 1.18. The van der Waals surface area contributed by atoms with Crippen molar-refractivity contribution < 1.29 is 5.11 Å². The number of nitrogens with one attached hydrogen (secondary N) is 3. The molecule has 0 radical (unpaired) electrons. The number of aromatic hydroxyl groups is 1. The molecule has 0 aliphatic heterocycles. The zero-order chi connectivity index (χ0) is 20.9. The van der Waals surface area contributed by atoms with Crippen LogP contribution in [0.15, 0.2) is 72.8 Å². The van der Waals surface area contributed by atoms with Crippen LogP contribution in [0, 0.1) is 0 Å². The molecule has 0 atom stereocenters. The van der Waals surface area contributed by atoms with Gasteiger partial charge in [-0.3, -0.25) is 0 Å². The first-order valence-electron chi connectivity index (χ1n) is 9.11. The SMILES string of the molecule is Nc1ccc(Nc2nc(Nc3ccc(N)cc3)nc(Nc3ccc(O)cc3)n2)cc1. The summed E-state index contributed by atoms with van der Waals surface area (Å²) < 4.78 is 0. The van der Waals surface area contributed by atoms with Gasteiger partial charge in [0.15, 0.2) is 0 Å². The highest BCUT2D eigenvalue weighted by atomic mass is 16.3. The monoisotopic (exact) mass is 400 g/mol. The second kappa shape index (κ2) is 8.23. The van der Waals surface area contributed by atoms with Crippen LogP contribution in [0.4, 0.5) is 46.3 Å². The van der Waals surface area contributed by atoms with Crippen LogP contribution in [-0.4, -0.2) is 20.1 Å². The van der Waals surface area contributed by atoms with Gasteiger partial charge in [-0.05, 0) is 72.8 Å². The summed E-state index contributed by atoms with van der Waals surface area (Å²) >= 11 is 0. The van der Waals surface area contributed by atoms with E-state index in [1.165, 1.54) is 0 Å². The largest absolute Gasteiger partial charge is 0.508 e. The number of rotatable bonds is 6. The van der Waals surface area contributed by atoms with Gasteiger partial charge >= 0.3 is 0 Å². The fourth-order valence-electron chi connectivity index (χ4n) is 2.61. The number of nitrogens with two attached hydrogens (primary N) is 2. The van der Waals surface area contributed by atoms with Crippen LogP contribution >= 0.6 is 0 Å². The lowest BCUT2D eigenvalue weighted by atomic mass is 10.3. The fourth-order valence-corrected chi connectivity index (χ4v) is 2.61.